The third-order valence-electron chi connectivity index (χ3n) is 3.62. The van der Waals surface area contributed by atoms with E-state index in [4.69, 9.17) is 0 Å². The number of hydrogen-bond donors (Lipinski definition) is 1. The highest BCUT2D eigenvalue weighted by atomic mass is 16.4. The molecule has 0 radical (unpaired) electrons. The van der Waals surface area contributed by atoms with Gasteiger partial charge in [-0.05, 0) is 17.3 Å². The minimum Gasteiger partial charge on any atom is -0.481 e. The zero-order chi connectivity index (χ0) is 10.9. The third-order valence-corrected chi connectivity index (χ3v) is 3.62. The quantitative estimate of drug-likeness (QED) is 0.756. The van der Waals surface area contributed by atoms with Gasteiger partial charge in [0.2, 0.25) is 0 Å². The molecule has 1 fully saturated rings. The van der Waals surface area contributed by atoms with E-state index in [0.29, 0.717) is 11.8 Å². The van der Waals surface area contributed by atoms with Crippen molar-refractivity contribution in [3.8, 4) is 0 Å². The van der Waals surface area contributed by atoms with Crippen LogP contribution in [0.1, 0.15) is 47.0 Å². The molecule has 0 spiro atoms. The predicted octanol–water partition coefficient (Wildman–Crippen LogP) is 3.17. The number of rotatable bonds is 3. The summed E-state index contributed by atoms with van der Waals surface area (Å²) >= 11 is 0. The first-order valence-electron chi connectivity index (χ1n) is 5.57. The van der Waals surface area contributed by atoms with Crippen LogP contribution < -0.4 is 0 Å². The summed E-state index contributed by atoms with van der Waals surface area (Å²) in [6, 6.07) is 0. The van der Waals surface area contributed by atoms with Crippen LogP contribution in [0.5, 0.6) is 0 Å². The van der Waals surface area contributed by atoms with Gasteiger partial charge in [0, 0.05) is 0 Å². The van der Waals surface area contributed by atoms with Gasteiger partial charge in [-0.15, -0.1) is 0 Å². The molecule has 0 aromatic heterocycles. The zero-order valence-corrected chi connectivity index (χ0v) is 9.71. The summed E-state index contributed by atoms with van der Waals surface area (Å²) < 4.78 is 0. The van der Waals surface area contributed by atoms with Gasteiger partial charge in [-0.25, -0.2) is 0 Å². The minimum atomic E-state index is -0.628. The van der Waals surface area contributed by atoms with Crippen molar-refractivity contribution in [2.45, 2.75) is 47.0 Å². The summed E-state index contributed by atoms with van der Waals surface area (Å²) in [4.78, 5) is 11.2. The second-order valence-corrected chi connectivity index (χ2v) is 5.73. The molecule has 0 heterocycles. The van der Waals surface area contributed by atoms with Crippen LogP contribution in [-0.2, 0) is 4.79 Å². The Kier molecular flexibility index (Phi) is 3.23. The third kappa shape index (κ3) is 2.28. The highest BCUT2D eigenvalue weighted by molar-refractivity contribution is 5.71. The van der Waals surface area contributed by atoms with Crippen LogP contribution in [0.3, 0.4) is 0 Å². The van der Waals surface area contributed by atoms with E-state index >= 15 is 0 Å². The number of carbonyl (C=O) groups is 1. The fourth-order valence-electron chi connectivity index (χ4n) is 2.62. The summed E-state index contributed by atoms with van der Waals surface area (Å²) in [5.41, 5.74) is -0.124. The molecule has 1 saturated carbocycles. The second kappa shape index (κ2) is 3.92. The Morgan fingerprint density at radius 3 is 2.07 bits per heavy atom. The number of carboxylic acids is 1. The molecule has 0 saturated heterocycles. The van der Waals surface area contributed by atoms with Gasteiger partial charge >= 0.3 is 5.97 Å². The topological polar surface area (TPSA) is 37.3 Å². The largest absolute Gasteiger partial charge is 0.481 e. The molecule has 2 atom stereocenters. The maximum atomic E-state index is 11.2. The fraction of sp³-hybridized carbons (Fsp3) is 0.917. The van der Waals surface area contributed by atoms with Crippen LogP contribution in [0.4, 0.5) is 0 Å². The van der Waals surface area contributed by atoms with Crippen LogP contribution in [0.2, 0.25) is 0 Å². The Balaban J connectivity index is 2.71. The van der Waals surface area contributed by atoms with Crippen LogP contribution in [-0.4, -0.2) is 11.1 Å². The number of hydrogen-bond acceptors (Lipinski definition) is 1. The second-order valence-electron chi connectivity index (χ2n) is 5.73. The molecule has 0 amide bonds. The summed E-state index contributed by atoms with van der Waals surface area (Å²) in [7, 11) is 0. The molecule has 0 bridgehead atoms. The van der Waals surface area contributed by atoms with Crippen LogP contribution in [0.25, 0.3) is 0 Å². The molecule has 0 aromatic rings. The Labute approximate surface area is 86.7 Å². The molecule has 2 heteroatoms. The molecule has 14 heavy (non-hydrogen) atoms. The molecule has 2 nitrogen and oxygen atoms in total. The van der Waals surface area contributed by atoms with Gasteiger partial charge < -0.3 is 5.11 Å². The van der Waals surface area contributed by atoms with Gasteiger partial charge in [0.05, 0.1) is 5.92 Å². The molecule has 0 aromatic carbocycles. The lowest BCUT2D eigenvalue weighted by atomic mass is 9.64. The van der Waals surface area contributed by atoms with Crippen LogP contribution in [0, 0.1) is 23.2 Å². The maximum Gasteiger partial charge on any atom is 0.307 e. The molecule has 0 aliphatic heterocycles. The summed E-state index contributed by atoms with van der Waals surface area (Å²) in [5.74, 6) is 0.140. The van der Waals surface area contributed by atoms with E-state index in [-0.39, 0.29) is 11.3 Å². The summed E-state index contributed by atoms with van der Waals surface area (Å²) in [6.45, 7) is 8.19. The zero-order valence-electron chi connectivity index (χ0n) is 9.71. The van der Waals surface area contributed by atoms with Crippen molar-refractivity contribution < 1.29 is 9.90 Å². The van der Waals surface area contributed by atoms with Gasteiger partial charge in [0.15, 0.2) is 0 Å². The normalized spacial score (nSPS) is 22.6. The SMILES string of the molecule is C[C@H](C1CCC1)C(C(=O)O)C(C)(C)C. The van der Waals surface area contributed by atoms with Crippen LogP contribution in [0.15, 0.2) is 0 Å². The molecular weight excluding hydrogens is 176 g/mol. The lowest BCUT2D eigenvalue weighted by Gasteiger charge is -2.40. The van der Waals surface area contributed by atoms with E-state index in [1.54, 1.807) is 0 Å². The monoisotopic (exact) mass is 198 g/mol. The molecule has 1 aliphatic carbocycles. The van der Waals surface area contributed by atoms with Crippen molar-refractivity contribution in [1.82, 2.24) is 0 Å². The van der Waals surface area contributed by atoms with Crippen molar-refractivity contribution in [2.75, 3.05) is 0 Å². The summed E-state index contributed by atoms with van der Waals surface area (Å²) in [6.07, 6.45) is 3.73. The van der Waals surface area contributed by atoms with Crippen molar-refractivity contribution in [3.05, 3.63) is 0 Å². The lowest BCUT2D eigenvalue weighted by molar-refractivity contribution is -0.149. The molecule has 1 rings (SSSR count). The number of aliphatic carboxylic acids is 1. The standard InChI is InChI=1S/C12H22O2/c1-8(9-6-5-7-9)10(11(13)14)12(2,3)4/h8-10H,5-7H2,1-4H3,(H,13,14)/t8-,10?/m1/s1. The first-order chi connectivity index (χ1) is 6.34. The van der Waals surface area contributed by atoms with Crippen molar-refractivity contribution in [2.24, 2.45) is 23.2 Å². The molecule has 1 aliphatic rings. The predicted molar refractivity (Wildman–Crippen MR) is 57.1 cm³/mol. The average molecular weight is 198 g/mol. The average Bonchev–Trinajstić information content (AvgIpc) is 1.75. The Morgan fingerprint density at radius 2 is 1.86 bits per heavy atom. The molecule has 1 N–H and O–H groups in total. The van der Waals surface area contributed by atoms with Crippen molar-refractivity contribution >= 4 is 5.97 Å². The Morgan fingerprint density at radius 1 is 1.36 bits per heavy atom. The van der Waals surface area contributed by atoms with E-state index in [9.17, 15) is 9.90 Å². The van der Waals surface area contributed by atoms with Crippen molar-refractivity contribution in [3.63, 3.8) is 0 Å². The van der Waals surface area contributed by atoms with Crippen LogP contribution >= 0.6 is 0 Å². The smallest absolute Gasteiger partial charge is 0.307 e. The molecular formula is C12H22O2. The van der Waals surface area contributed by atoms with Gasteiger partial charge in [0.1, 0.15) is 0 Å². The van der Waals surface area contributed by atoms with Crippen molar-refractivity contribution in [1.29, 1.82) is 0 Å². The first kappa shape index (κ1) is 11.5. The molecule has 1 unspecified atom stereocenters. The lowest BCUT2D eigenvalue weighted by Crippen LogP contribution is -2.39. The Bertz CT molecular complexity index is 211. The molecule has 82 valence electrons. The van der Waals surface area contributed by atoms with Gasteiger partial charge in [-0.2, -0.15) is 0 Å². The van der Waals surface area contributed by atoms with Gasteiger partial charge in [-0.1, -0.05) is 47.0 Å². The first-order valence-corrected chi connectivity index (χ1v) is 5.57. The summed E-state index contributed by atoms with van der Waals surface area (Å²) in [5, 5.41) is 9.25. The van der Waals surface area contributed by atoms with E-state index in [2.05, 4.69) is 6.92 Å². The number of carboxylic acid groups (broad SMARTS) is 1. The van der Waals surface area contributed by atoms with Gasteiger partial charge in [-0.3, -0.25) is 4.79 Å². The van der Waals surface area contributed by atoms with Gasteiger partial charge in [0.25, 0.3) is 0 Å². The Hall–Kier alpha value is -0.530. The maximum absolute atomic E-state index is 11.2. The highest BCUT2D eigenvalue weighted by Crippen LogP contribution is 2.43. The van der Waals surface area contributed by atoms with E-state index in [1.807, 2.05) is 20.8 Å². The minimum absolute atomic E-state index is 0.124. The fourth-order valence-corrected chi connectivity index (χ4v) is 2.62. The van der Waals surface area contributed by atoms with E-state index < -0.39 is 5.97 Å². The highest BCUT2D eigenvalue weighted by Gasteiger charge is 2.40. The van der Waals surface area contributed by atoms with E-state index in [0.717, 1.165) is 0 Å². The van der Waals surface area contributed by atoms with E-state index in [1.165, 1.54) is 19.3 Å².